The first kappa shape index (κ1) is 18.1. The molecule has 1 aromatic carbocycles. The van der Waals surface area contributed by atoms with Crippen LogP contribution in [0, 0.1) is 0 Å². The predicted octanol–water partition coefficient (Wildman–Crippen LogP) is 5.51. The smallest absolute Gasteiger partial charge is 0.312 e. The summed E-state index contributed by atoms with van der Waals surface area (Å²) in [6.45, 7) is 2.04. The summed E-state index contributed by atoms with van der Waals surface area (Å²) >= 11 is 7.71. The van der Waals surface area contributed by atoms with Crippen LogP contribution in [0.1, 0.15) is 12.5 Å². The molecule has 0 aliphatic heterocycles. The van der Waals surface area contributed by atoms with Crippen molar-refractivity contribution in [3.8, 4) is 11.4 Å². The second-order valence-electron chi connectivity index (χ2n) is 5.55. The monoisotopic (exact) mass is 385 g/mol. The molecule has 0 radical (unpaired) electrons. The molecule has 2 aromatic heterocycles. The lowest BCUT2D eigenvalue weighted by molar-refractivity contribution is -0.127. The van der Waals surface area contributed by atoms with Gasteiger partial charge in [-0.2, -0.15) is 13.2 Å². The van der Waals surface area contributed by atoms with E-state index in [1.807, 2.05) is 19.1 Å². The molecule has 0 saturated heterocycles. The van der Waals surface area contributed by atoms with Crippen LogP contribution in [-0.2, 0) is 13.5 Å². The summed E-state index contributed by atoms with van der Waals surface area (Å²) in [6.07, 6.45) is -4.03. The van der Waals surface area contributed by atoms with Crippen molar-refractivity contribution in [2.45, 2.75) is 24.4 Å². The fourth-order valence-corrected chi connectivity index (χ4v) is 3.72. The third-order valence-corrected chi connectivity index (χ3v) is 4.83. The van der Waals surface area contributed by atoms with E-state index in [4.69, 9.17) is 11.6 Å². The van der Waals surface area contributed by atoms with E-state index in [1.54, 1.807) is 29.4 Å². The molecule has 0 fully saturated rings. The van der Waals surface area contributed by atoms with Gasteiger partial charge in [-0.05, 0) is 35.6 Å². The average Bonchev–Trinajstić information content (AvgIpc) is 2.83. The van der Waals surface area contributed by atoms with Crippen LogP contribution in [0.25, 0.3) is 22.6 Å². The van der Waals surface area contributed by atoms with Gasteiger partial charge in [0, 0.05) is 28.7 Å². The van der Waals surface area contributed by atoms with E-state index < -0.39 is 12.6 Å². The van der Waals surface area contributed by atoms with Crippen LogP contribution in [-0.4, -0.2) is 26.5 Å². The van der Waals surface area contributed by atoms with Gasteiger partial charge in [0.15, 0.2) is 5.65 Å². The van der Waals surface area contributed by atoms with Gasteiger partial charge in [-0.15, -0.1) is 11.8 Å². The molecule has 0 atom stereocenters. The van der Waals surface area contributed by atoms with Crippen LogP contribution in [0.15, 0.2) is 35.4 Å². The first-order chi connectivity index (χ1) is 11.8. The first-order valence-corrected chi connectivity index (χ1v) is 8.95. The highest BCUT2D eigenvalue weighted by Crippen LogP contribution is 2.34. The van der Waals surface area contributed by atoms with E-state index in [9.17, 15) is 13.2 Å². The van der Waals surface area contributed by atoms with Gasteiger partial charge in [0.05, 0.1) is 6.42 Å². The first-order valence-electron chi connectivity index (χ1n) is 7.59. The van der Waals surface area contributed by atoms with E-state index in [0.717, 1.165) is 16.2 Å². The van der Waals surface area contributed by atoms with Crippen molar-refractivity contribution in [3.05, 3.63) is 41.0 Å². The molecular weight excluding hydrogens is 371 g/mol. The Morgan fingerprint density at radius 3 is 2.68 bits per heavy atom. The van der Waals surface area contributed by atoms with Crippen LogP contribution in [0.5, 0.6) is 0 Å². The van der Waals surface area contributed by atoms with Gasteiger partial charge in [0.25, 0.3) is 0 Å². The van der Waals surface area contributed by atoms with Crippen molar-refractivity contribution < 1.29 is 13.2 Å². The molecule has 0 bridgehead atoms. The van der Waals surface area contributed by atoms with E-state index >= 15 is 0 Å². The fraction of sp³-hybridized carbons (Fsp3) is 0.294. The van der Waals surface area contributed by atoms with Crippen molar-refractivity contribution in [3.63, 3.8) is 0 Å². The van der Waals surface area contributed by atoms with Gasteiger partial charge < -0.3 is 4.57 Å². The molecule has 132 valence electrons. The number of pyridine rings is 1. The third-order valence-electron chi connectivity index (χ3n) is 3.65. The van der Waals surface area contributed by atoms with E-state index in [1.165, 1.54) is 12.3 Å². The van der Waals surface area contributed by atoms with Crippen molar-refractivity contribution in [1.29, 1.82) is 0 Å². The number of benzene rings is 1. The van der Waals surface area contributed by atoms with Gasteiger partial charge in [0.1, 0.15) is 11.3 Å². The number of halogens is 4. The molecule has 25 heavy (non-hydrogen) atoms. The molecule has 0 aliphatic carbocycles. The number of hydrogen-bond acceptors (Lipinski definition) is 3. The highest BCUT2D eigenvalue weighted by Gasteiger charge is 2.28. The maximum absolute atomic E-state index is 12.6. The van der Waals surface area contributed by atoms with E-state index in [-0.39, 0.29) is 5.56 Å². The topological polar surface area (TPSA) is 30.7 Å². The number of rotatable bonds is 4. The Labute approximate surface area is 152 Å². The Bertz CT molecular complexity index is 921. The van der Waals surface area contributed by atoms with Crippen LogP contribution in [0.3, 0.4) is 0 Å². The Kier molecular flexibility index (Phi) is 4.97. The molecule has 3 nitrogen and oxygen atoms in total. The lowest BCUT2D eigenvalue weighted by Gasteiger charge is -2.09. The average molecular weight is 386 g/mol. The summed E-state index contributed by atoms with van der Waals surface area (Å²) in [6, 6.07) is 6.96. The van der Waals surface area contributed by atoms with Crippen molar-refractivity contribution in [2.24, 2.45) is 7.05 Å². The highest BCUT2D eigenvalue weighted by molar-refractivity contribution is 7.99. The third kappa shape index (κ3) is 3.93. The summed E-state index contributed by atoms with van der Waals surface area (Å²) in [7, 11) is 1.80. The molecule has 0 N–H and O–H groups in total. The minimum absolute atomic E-state index is 0.101. The quantitative estimate of drug-likeness (QED) is 0.555. The maximum Gasteiger partial charge on any atom is 0.393 e. The molecule has 0 aliphatic rings. The maximum atomic E-state index is 12.6. The fourth-order valence-electron chi connectivity index (χ4n) is 2.64. The zero-order chi connectivity index (χ0) is 18.2. The van der Waals surface area contributed by atoms with Crippen molar-refractivity contribution in [1.82, 2.24) is 14.5 Å². The Hall–Kier alpha value is -1.73. The zero-order valence-electron chi connectivity index (χ0n) is 13.6. The second-order valence-corrected chi connectivity index (χ2v) is 7.29. The van der Waals surface area contributed by atoms with Crippen LogP contribution in [0.2, 0.25) is 5.02 Å². The largest absolute Gasteiger partial charge is 0.393 e. The Morgan fingerprint density at radius 1 is 1.24 bits per heavy atom. The van der Waals surface area contributed by atoms with Gasteiger partial charge in [-0.25, -0.2) is 9.97 Å². The second kappa shape index (κ2) is 6.88. The van der Waals surface area contributed by atoms with Crippen LogP contribution < -0.4 is 0 Å². The van der Waals surface area contributed by atoms with Gasteiger partial charge in [-0.3, -0.25) is 0 Å². The lowest BCUT2D eigenvalue weighted by Crippen LogP contribution is -2.11. The molecule has 0 unspecified atom stereocenters. The molecule has 0 saturated carbocycles. The van der Waals surface area contributed by atoms with Gasteiger partial charge >= 0.3 is 6.18 Å². The number of alkyl halides is 3. The van der Waals surface area contributed by atoms with Gasteiger partial charge in [0.2, 0.25) is 0 Å². The van der Waals surface area contributed by atoms with Crippen LogP contribution in [0.4, 0.5) is 13.2 Å². The molecule has 3 rings (SSSR count). The number of imidazole rings is 1. The minimum atomic E-state index is -4.27. The molecular formula is C17H15ClF3N3S. The Balaban J connectivity index is 2.10. The standard InChI is InChI=1S/C17H15ClF3N3S/c1-3-25-14-7-11(18)4-5-12(14)15-23-13-6-10(8-17(19,20)21)9-22-16(13)24(15)2/h4-7,9H,3,8H2,1-2H3. The summed E-state index contributed by atoms with van der Waals surface area (Å²) in [5.74, 6) is 1.52. The van der Waals surface area contributed by atoms with E-state index in [2.05, 4.69) is 9.97 Å². The summed E-state index contributed by atoms with van der Waals surface area (Å²) in [5, 5.41) is 0.629. The molecule has 2 heterocycles. The summed E-state index contributed by atoms with van der Waals surface area (Å²) in [5.41, 5.74) is 1.98. The van der Waals surface area contributed by atoms with E-state index in [0.29, 0.717) is 22.0 Å². The Morgan fingerprint density at radius 2 is 2.00 bits per heavy atom. The van der Waals surface area contributed by atoms with Crippen molar-refractivity contribution in [2.75, 3.05) is 5.75 Å². The number of nitrogens with zero attached hydrogens (tertiary/aromatic N) is 3. The normalized spacial score (nSPS) is 12.1. The van der Waals surface area contributed by atoms with Crippen LogP contribution >= 0.6 is 23.4 Å². The number of fused-ring (bicyclic) bond motifs is 1. The molecule has 8 heteroatoms. The SMILES string of the molecule is CCSc1cc(Cl)ccc1-c1nc2cc(CC(F)(F)F)cnc2n1C. The molecule has 0 amide bonds. The number of thioether (sulfide) groups is 1. The molecule has 0 spiro atoms. The summed E-state index contributed by atoms with van der Waals surface area (Å²) in [4.78, 5) is 9.67. The number of aryl methyl sites for hydroxylation is 1. The highest BCUT2D eigenvalue weighted by atomic mass is 35.5. The van der Waals surface area contributed by atoms with Crippen molar-refractivity contribution >= 4 is 34.5 Å². The lowest BCUT2D eigenvalue weighted by atomic mass is 10.2. The molecule has 3 aromatic rings. The predicted molar refractivity (Wildman–Crippen MR) is 95.1 cm³/mol. The summed E-state index contributed by atoms with van der Waals surface area (Å²) < 4.78 is 39.6. The zero-order valence-corrected chi connectivity index (χ0v) is 15.1. The number of hydrogen-bond donors (Lipinski definition) is 0. The number of aromatic nitrogens is 3. The minimum Gasteiger partial charge on any atom is -0.312 e. The van der Waals surface area contributed by atoms with Gasteiger partial charge in [-0.1, -0.05) is 18.5 Å².